The van der Waals surface area contributed by atoms with Gasteiger partial charge in [-0.15, -0.1) is 0 Å². The highest BCUT2D eigenvalue weighted by Gasteiger charge is 2.11. The summed E-state index contributed by atoms with van der Waals surface area (Å²) in [6, 6.07) is 15.3. The van der Waals surface area contributed by atoms with Crippen LogP contribution >= 0.6 is 0 Å². The lowest BCUT2D eigenvalue weighted by atomic mass is 10.1. The summed E-state index contributed by atoms with van der Waals surface area (Å²) in [6.07, 6.45) is -0.250. The van der Waals surface area contributed by atoms with Gasteiger partial charge in [0.25, 0.3) is 5.91 Å². The molecular formula is C20H20N2O5. The Hall–Kier alpha value is -3.48. The Bertz CT molecular complexity index is 833. The molecule has 0 aliphatic rings. The lowest BCUT2D eigenvalue weighted by Crippen LogP contribution is -2.21. The topological polar surface area (TPSA) is 102 Å². The molecule has 0 bridgehead atoms. The van der Waals surface area contributed by atoms with Gasteiger partial charge in [-0.1, -0.05) is 30.3 Å². The molecule has 2 amide bonds. The van der Waals surface area contributed by atoms with Gasteiger partial charge in [-0.05, 0) is 31.2 Å². The van der Waals surface area contributed by atoms with Gasteiger partial charge in [0, 0.05) is 23.4 Å². The van der Waals surface area contributed by atoms with Gasteiger partial charge in [-0.3, -0.25) is 19.2 Å². The minimum absolute atomic E-state index is 0.0938. The molecule has 0 aromatic heterocycles. The highest BCUT2D eigenvalue weighted by Crippen LogP contribution is 2.12. The van der Waals surface area contributed by atoms with Crippen LogP contribution in [0.4, 0.5) is 11.4 Å². The van der Waals surface area contributed by atoms with Crippen LogP contribution in [-0.2, 0) is 19.1 Å². The number of carbonyl (C=O) groups is 4. The molecule has 7 heteroatoms. The first-order valence-electron chi connectivity index (χ1n) is 8.35. The summed E-state index contributed by atoms with van der Waals surface area (Å²) >= 11 is 0. The van der Waals surface area contributed by atoms with Crippen molar-refractivity contribution in [1.29, 1.82) is 0 Å². The molecule has 0 unspecified atom stereocenters. The molecule has 140 valence electrons. The Morgan fingerprint density at radius 1 is 0.815 bits per heavy atom. The normalized spacial score (nSPS) is 9.96. The lowest BCUT2D eigenvalue weighted by molar-refractivity contribution is -0.147. The quantitative estimate of drug-likeness (QED) is 0.551. The predicted molar refractivity (Wildman–Crippen MR) is 100 cm³/mol. The predicted octanol–water partition coefficient (Wildman–Crippen LogP) is 2.79. The molecule has 27 heavy (non-hydrogen) atoms. The monoisotopic (exact) mass is 368 g/mol. The first-order chi connectivity index (χ1) is 12.9. The Labute approximate surface area is 156 Å². The maximum Gasteiger partial charge on any atom is 0.306 e. The van der Waals surface area contributed by atoms with E-state index in [1.165, 1.54) is 6.92 Å². The second-order valence-corrected chi connectivity index (χ2v) is 5.76. The van der Waals surface area contributed by atoms with Crippen LogP contribution in [0.2, 0.25) is 0 Å². The molecule has 7 nitrogen and oxygen atoms in total. The Balaban J connectivity index is 1.70. The molecule has 2 N–H and O–H groups in total. The van der Waals surface area contributed by atoms with E-state index >= 15 is 0 Å². The number of hydrogen-bond donors (Lipinski definition) is 2. The van der Waals surface area contributed by atoms with Crippen molar-refractivity contribution in [3.63, 3.8) is 0 Å². The molecular weight excluding hydrogens is 348 g/mol. The van der Waals surface area contributed by atoms with Crippen molar-refractivity contribution >= 4 is 34.9 Å². The summed E-state index contributed by atoms with van der Waals surface area (Å²) in [5, 5.41) is 5.20. The lowest BCUT2D eigenvalue weighted by Gasteiger charge is -2.07. The fraction of sp³-hybridized carbons (Fsp3) is 0.200. The first kappa shape index (κ1) is 19.8. The fourth-order valence-corrected chi connectivity index (χ4v) is 2.19. The smallest absolute Gasteiger partial charge is 0.306 e. The second-order valence-electron chi connectivity index (χ2n) is 5.76. The first-order valence-corrected chi connectivity index (χ1v) is 8.35. The average molecular weight is 368 g/mol. The third-order valence-corrected chi connectivity index (χ3v) is 3.53. The number of anilines is 2. The van der Waals surface area contributed by atoms with E-state index < -0.39 is 18.5 Å². The summed E-state index contributed by atoms with van der Waals surface area (Å²) in [7, 11) is 0. The van der Waals surface area contributed by atoms with Gasteiger partial charge >= 0.3 is 5.97 Å². The SMILES string of the molecule is CC(=O)c1cccc(NC(=O)CCC(=O)OCC(=O)Nc2ccccc2)c1. The van der Waals surface area contributed by atoms with E-state index in [-0.39, 0.29) is 24.5 Å². The van der Waals surface area contributed by atoms with Crippen molar-refractivity contribution in [2.45, 2.75) is 19.8 Å². The largest absolute Gasteiger partial charge is 0.456 e. The van der Waals surface area contributed by atoms with Gasteiger partial charge in [0.05, 0.1) is 6.42 Å². The molecule has 0 atom stereocenters. The number of nitrogens with one attached hydrogen (secondary N) is 2. The zero-order chi connectivity index (χ0) is 19.6. The number of hydrogen-bond acceptors (Lipinski definition) is 5. The molecule has 0 saturated heterocycles. The molecule has 2 aromatic carbocycles. The van der Waals surface area contributed by atoms with Gasteiger partial charge in [-0.2, -0.15) is 0 Å². The van der Waals surface area contributed by atoms with Gasteiger partial charge < -0.3 is 15.4 Å². The van der Waals surface area contributed by atoms with Crippen molar-refractivity contribution in [3.05, 3.63) is 60.2 Å². The van der Waals surface area contributed by atoms with E-state index in [0.29, 0.717) is 16.9 Å². The van der Waals surface area contributed by atoms with Crippen molar-refractivity contribution in [2.24, 2.45) is 0 Å². The van der Waals surface area contributed by atoms with E-state index in [0.717, 1.165) is 0 Å². The summed E-state index contributed by atoms with van der Waals surface area (Å²) in [5.74, 6) is -1.60. The summed E-state index contributed by atoms with van der Waals surface area (Å²) < 4.78 is 4.85. The van der Waals surface area contributed by atoms with Gasteiger partial charge in [0.1, 0.15) is 0 Å². The van der Waals surface area contributed by atoms with E-state index in [1.807, 2.05) is 6.07 Å². The van der Waals surface area contributed by atoms with Crippen LogP contribution in [0.3, 0.4) is 0 Å². The number of amides is 2. The van der Waals surface area contributed by atoms with Crippen molar-refractivity contribution in [3.8, 4) is 0 Å². The van der Waals surface area contributed by atoms with Crippen molar-refractivity contribution in [2.75, 3.05) is 17.2 Å². The van der Waals surface area contributed by atoms with Crippen molar-refractivity contribution < 1.29 is 23.9 Å². The molecule has 0 spiro atoms. The van der Waals surface area contributed by atoms with Crippen LogP contribution in [-0.4, -0.2) is 30.2 Å². The Morgan fingerprint density at radius 2 is 1.48 bits per heavy atom. The minimum Gasteiger partial charge on any atom is -0.456 e. The number of rotatable bonds is 8. The zero-order valence-electron chi connectivity index (χ0n) is 14.9. The number of para-hydroxylation sites is 1. The summed E-state index contributed by atoms with van der Waals surface area (Å²) in [4.78, 5) is 46.6. The highest BCUT2D eigenvalue weighted by molar-refractivity contribution is 5.97. The highest BCUT2D eigenvalue weighted by atomic mass is 16.5. The number of ether oxygens (including phenoxy) is 1. The molecule has 0 fully saturated rings. The van der Waals surface area contributed by atoms with E-state index in [1.54, 1.807) is 48.5 Å². The second kappa shape index (κ2) is 9.86. The van der Waals surface area contributed by atoms with Gasteiger partial charge in [-0.25, -0.2) is 0 Å². The van der Waals surface area contributed by atoms with Gasteiger partial charge in [0.2, 0.25) is 5.91 Å². The molecule has 0 aliphatic carbocycles. The number of Topliss-reactive ketones (excluding diaryl/α,β-unsaturated/α-hetero) is 1. The molecule has 2 rings (SSSR count). The van der Waals surface area contributed by atoms with Crippen LogP contribution in [0, 0.1) is 0 Å². The van der Waals surface area contributed by atoms with Crippen LogP contribution in [0.15, 0.2) is 54.6 Å². The minimum atomic E-state index is -0.647. The molecule has 2 aromatic rings. The van der Waals surface area contributed by atoms with Crippen LogP contribution in [0.25, 0.3) is 0 Å². The van der Waals surface area contributed by atoms with E-state index in [9.17, 15) is 19.2 Å². The summed E-state index contributed by atoms with van der Waals surface area (Å²) in [5.41, 5.74) is 1.56. The molecule has 0 radical (unpaired) electrons. The Morgan fingerprint density at radius 3 is 2.19 bits per heavy atom. The van der Waals surface area contributed by atoms with Crippen LogP contribution in [0.5, 0.6) is 0 Å². The van der Waals surface area contributed by atoms with Crippen molar-refractivity contribution in [1.82, 2.24) is 0 Å². The molecule has 0 heterocycles. The van der Waals surface area contributed by atoms with E-state index in [4.69, 9.17) is 4.74 Å². The van der Waals surface area contributed by atoms with Crippen LogP contribution in [0.1, 0.15) is 30.1 Å². The number of ketones is 1. The standard InChI is InChI=1S/C20H20N2O5/c1-14(23)15-6-5-9-17(12-15)22-18(24)10-11-20(26)27-13-19(25)21-16-7-3-2-4-8-16/h2-9,12H,10-11,13H2,1H3,(H,21,25)(H,22,24). The average Bonchev–Trinajstić information content (AvgIpc) is 2.65. The maximum absolute atomic E-state index is 11.9. The fourth-order valence-electron chi connectivity index (χ4n) is 2.19. The third-order valence-electron chi connectivity index (χ3n) is 3.53. The number of benzene rings is 2. The van der Waals surface area contributed by atoms with Crippen LogP contribution < -0.4 is 10.6 Å². The zero-order valence-corrected chi connectivity index (χ0v) is 14.9. The molecule has 0 saturated carbocycles. The van der Waals surface area contributed by atoms with Gasteiger partial charge in [0.15, 0.2) is 12.4 Å². The molecule has 0 aliphatic heterocycles. The summed E-state index contributed by atoms with van der Waals surface area (Å²) in [6.45, 7) is 1.01. The maximum atomic E-state index is 11.9. The Kier molecular flexibility index (Phi) is 7.25. The van der Waals surface area contributed by atoms with E-state index in [2.05, 4.69) is 10.6 Å². The number of esters is 1. The third kappa shape index (κ3) is 7.11. The number of carbonyl (C=O) groups excluding carboxylic acids is 4.